The van der Waals surface area contributed by atoms with E-state index in [1.807, 2.05) is 33.4 Å². The predicted octanol–water partition coefficient (Wildman–Crippen LogP) is 3.63. The van der Waals surface area contributed by atoms with E-state index in [-0.39, 0.29) is 11.7 Å². The molecule has 28 heavy (non-hydrogen) atoms. The maximum absolute atomic E-state index is 13.9. The van der Waals surface area contributed by atoms with Gasteiger partial charge in [0.15, 0.2) is 0 Å². The van der Waals surface area contributed by atoms with Gasteiger partial charge in [-0.3, -0.25) is 9.78 Å². The summed E-state index contributed by atoms with van der Waals surface area (Å²) in [4.78, 5) is 25.2. The summed E-state index contributed by atoms with van der Waals surface area (Å²) in [5, 5.41) is 2.93. The Kier molecular flexibility index (Phi) is 5.62. The molecule has 0 unspecified atom stereocenters. The zero-order chi connectivity index (χ0) is 19.3. The Morgan fingerprint density at radius 1 is 1.11 bits per heavy atom. The third-order valence-corrected chi connectivity index (χ3v) is 5.82. The summed E-state index contributed by atoms with van der Waals surface area (Å²) in [6.45, 7) is 2.53. The van der Waals surface area contributed by atoms with Gasteiger partial charge in [-0.05, 0) is 30.7 Å². The van der Waals surface area contributed by atoms with Crippen LogP contribution in [0.1, 0.15) is 12.1 Å². The topological polar surface area (TPSA) is 49.3 Å². The van der Waals surface area contributed by atoms with Crippen molar-refractivity contribution in [1.82, 2.24) is 14.9 Å². The van der Waals surface area contributed by atoms with E-state index in [2.05, 4.69) is 9.97 Å². The quantitative estimate of drug-likeness (QED) is 0.661. The normalized spacial score (nSPS) is 14.3. The summed E-state index contributed by atoms with van der Waals surface area (Å²) in [5.41, 5.74) is 2.54. The maximum Gasteiger partial charge on any atom is 0.223 e. The van der Waals surface area contributed by atoms with Crippen molar-refractivity contribution in [3.05, 3.63) is 65.7 Å². The van der Waals surface area contributed by atoms with Crippen LogP contribution in [0.5, 0.6) is 0 Å². The number of rotatable bonds is 5. The minimum absolute atomic E-state index is 0.129. The van der Waals surface area contributed by atoms with Crippen molar-refractivity contribution in [2.75, 3.05) is 31.1 Å². The van der Waals surface area contributed by atoms with Gasteiger partial charge in [0.05, 0.1) is 11.4 Å². The minimum Gasteiger partial charge on any atom is -0.366 e. The van der Waals surface area contributed by atoms with Gasteiger partial charge in [-0.25, -0.2) is 9.37 Å². The van der Waals surface area contributed by atoms with Gasteiger partial charge in [0, 0.05) is 55.9 Å². The second kappa shape index (κ2) is 8.48. The standard InChI is InChI=1S/C21H21FN4OS/c22-18-5-1-2-6-19(18)25-10-12-26(13-11-25)20(27)8-7-17-15-28-21(24-17)16-4-3-9-23-14-16/h1-6,9,14-15H,7-8,10-13H2. The number of aryl methyl sites for hydroxylation is 1. The number of aromatic nitrogens is 2. The van der Waals surface area contributed by atoms with E-state index < -0.39 is 0 Å². The van der Waals surface area contributed by atoms with Crippen molar-refractivity contribution in [2.45, 2.75) is 12.8 Å². The Bertz CT molecular complexity index is 938. The molecule has 144 valence electrons. The molecule has 0 spiro atoms. The van der Waals surface area contributed by atoms with Gasteiger partial charge >= 0.3 is 0 Å². The highest BCUT2D eigenvalue weighted by Gasteiger charge is 2.22. The highest BCUT2D eigenvalue weighted by molar-refractivity contribution is 7.13. The monoisotopic (exact) mass is 396 g/mol. The average molecular weight is 396 g/mol. The fourth-order valence-electron chi connectivity index (χ4n) is 3.34. The summed E-state index contributed by atoms with van der Waals surface area (Å²) >= 11 is 1.57. The van der Waals surface area contributed by atoms with Crippen molar-refractivity contribution in [2.24, 2.45) is 0 Å². The summed E-state index contributed by atoms with van der Waals surface area (Å²) in [6.07, 6.45) is 4.60. The van der Waals surface area contributed by atoms with E-state index in [9.17, 15) is 9.18 Å². The van der Waals surface area contributed by atoms with Crippen molar-refractivity contribution in [3.63, 3.8) is 0 Å². The summed E-state index contributed by atoms with van der Waals surface area (Å²) in [5.74, 6) is -0.0839. The molecular weight excluding hydrogens is 375 g/mol. The first-order valence-corrected chi connectivity index (χ1v) is 10.2. The number of carbonyl (C=O) groups excluding carboxylic acids is 1. The van der Waals surface area contributed by atoms with Gasteiger partial charge in [0.25, 0.3) is 0 Å². The molecule has 0 aliphatic carbocycles. The van der Waals surface area contributed by atoms with E-state index in [4.69, 9.17) is 0 Å². The number of halogens is 1. The number of hydrogen-bond donors (Lipinski definition) is 0. The molecule has 2 aromatic heterocycles. The molecular formula is C21H21FN4OS. The van der Waals surface area contributed by atoms with Gasteiger partial charge in [-0.2, -0.15) is 0 Å². The molecule has 7 heteroatoms. The van der Waals surface area contributed by atoms with Gasteiger partial charge in [0.1, 0.15) is 10.8 Å². The molecule has 3 aromatic rings. The first kappa shape index (κ1) is 18.6. The second-order valence-corrected chi connectivity index (χ2v) is 7.56. The van der Waals surface area contributed by atoms with Crippen LogP contribution >= 0.6 is 11.3 Å². The van der Waals surface area contributed by atoms with Crippen LogP contribution in [-0.2, 0) is 11.2 Å². The van der Waals surface area contributed by atoms with Crippen LogP contribution in [0.4, 0.5) is 10.1 Å². The molecule has 4 rings (SSSR count). The minimum atomic E-state index is -0.213. The average Bonchev–Trinajstić information content (AvgIpc) is 3.22. The number of benzene rings is 1. The van der Waals surface area contributed by atoms with E-state index in [1.165, 1.54) is 6.07 Å². The lowest BCUT2D eigenvalue weighted by atomic mass is 10.2. The predicted molar refractivity (Wildman–Crippen MR) is 109 cm³/mol. The smallest absolute Gasteiger partial charge is 0.223 e. The summed E-state index contributed by atoms with van der Waals surface area (Å²) < 4.78 is 13.9. The van der Waals surface area contributed by atoms with Crippen molar-refractivity contribution < 1.29 is 9.18 Å². The third-order valence-electron chi connectivity index (χ3n) is 4.88. The van der Waals surface area contributed by atoms with Gasteiger partial charge in [-0.15, -0.1) is 11.3 Å². The number of hydrogen-bond acceptors (Lipinski definition) is 5. The first-order valence-electron chi connectivity index (χ1n) is 9.33. The third kappa shape index (κ3) is 4.20. The number of amides is 1. The maximum atomic E-state index is 13.9. The zero-order valence-electron chi connectivity index (χ0n) is 15.4. The lowest BCUT2D eigenvalue weighted by Gasteiger charge is -2.36. The molecule has 1 saturated heterocycles. The summed E-state index contributed by atoms with van der Waals surface area (Å²) in [6, 6.07) is 10.7. The Balaban J connectivity index is 1.28. The number of para-hydroxylation sites is 1. The molecule has 5 nitrogen and oxygen atoms in total. The number of piperazine rings is 1. The Morgan fingerprint density at radius 3 is 2.68 bits per heavy atom. The molecule has 1 aromatic carbocycles. The first-order chi connectivity index (χ1) is 13.7. The van der Waals surface area contributed by atoms with Crippen LogP contribution < -0.4 is 4.90 Å². The van der Waals surface area contributed by atoms with Crippen LogP contribution in [0.15, 0.2) is 54.2 Å². The lowest BCUT2D eigenvalue weighted by molar-refractivity contribution is -0.131. The number of carbonyl (C=O) groups is 1. The molecule has 0 N–H and O–H groups in total. The molecule has 0 saturated carbocycles. The van der Waals surface area contributed by atoms with E-state index in [0.717, 1.165) is 16.3 Å². The molecule has 0 radical (unpaired) electrons. The van der Waals surface area contributed by atoms with Crippen LogP contribution in [0.2, 0.25) is 0 Å². The van der Waals surface area contributed by atoms with Crippen molar-refractivity contribution in [1.29, 1.82) is 0 Å². The van der Waals surface area contributed by atoms with Crippen LogP contribution in [0.25, 0.3) is 10.6 Å². The second-order valence-electron chi connectivity index (χ2n) is 6.70. The highest BCUT2D eigenvalue weighted by Crippen LogP contribution is 2.24. The van der Waals surface area contributed by atoms with Crippen LogP contribution in [0.3, 0.4) is 0 Å². The molecule has 1 aliphatic rings. The molecule has 3 heterocycles. The number of nitrogens with zero attached hydrogens (tertiary/aromatic N) is 4. The molecule has 1 fully saturated rings. The Labute approximate surface area is 167 Å². The van der Waals surface area contributed by atoms with Gasteiger partial charge in [-0.1, -0.05) is 12.1 Å². The fraction of sp³-hybridized carbons (Fsp3) is 0.286. The number of pyridine rings is 1. The highest BCUT2D eigenvalue weighted by atomic mass is 32.1. The van der Waals surface area contributed by atoms with Gasteiger partial charge < -0.3 is 9.80 Å². The largest absolute Gasteiger partial charge is 0.366 e. The number of thiazole rings is 1. The molecule has 1 aliphatic heterocycles. The molecule has 0 bridgehead atoms. The van der Waals surface area contributed by atoms with Crippen molar-refractivity contribution >= 4 is 22.9 Å². The molecule has 1 amide bonds. The van der Waals surface area contributed by atoms with Crippen LogP contribution in [-0.4, -0.2) is 47.0 Å². The van der Waals surface area contributed by atoms with Crippen LogP contribution in [0, 0.1) is 5.82 Å². The SMILES string of the molecule is O=C(CCc1csc(-c2cccnc2)n1)N1CCN(c2ccccc2F)CC1. The Morgan fingerprint density at radius 2 is 1.93 bits per heavy atom. The zero-order valence-corrected chi connectivity index (χ0v) is 16.2. The van der Waals surface area contributed by atoms with E-state index in [0.29, 0.717) is 44.7 Å². The Hall–Kier alpha value is -2.80. The summed E-state index contributed by atoms with van der Waals surface area (Å²) in [7, 11) is 0. The lowest BCUT2D eigenvalue weighted by Crippen LogP contribution is -2.49. The van der Waals surface area contributed by atoms with E-state index in [1.54, 1.807) is 35.9 Å². The van der Waals surface area contributed by atoms with Crippen molar-refractivity contribution in [3.8, 4) is 10.6 Å². The molecule has 0 atom stereocenters. The van der Waals surface area contributed by atoms with Gasteiger partial charge in [0.2, 0.25) is 5.91 Å². The fourth-order valence-corrected chi connectivity index (χ4v) is 4.19. The van der Waals surface area contributed by atoms with E-state index >= 15 is 0 Å². The number of anilines is 1.